The highest BCUT2D eigenvalue weighted by Gasteiger charge is 2.25. The first-order valence-electron chi connectivity index (χ1n) is 8.95. The van der Waals surface area contributed by atoms with Crippen LogP contribution in [0.25, 0.3) is 0 Å². The van der Waals surface area contributed by atoms with Gasteiger partial charge in [-0.15, -0.1) is 11.8 Å². The molecule has 0 radical (unpaired) electrons. The molecule has 0 aliphatic heterocycles. The molecular formula is C21H25FN2O2S. The molecule has 0 fully saturated rings. The van der Waals surface area contributed by atoms with Gasteiger partial charge in [0.1, 0.15) is 11.9 Å². The number of rotatable bonds is 9. The SMILES string of the molecule is CCNC(=O)C(C)N(Cc1ccccc1)C(=O)CSCc1ccccc1F. The van der Waals surface area contributed by atoms with Crippen LogP contribution in [0.1, 0.15) is 25.0 Å². The van der Waals surface area contributed by atoms with Gasteiger partial charge in [-0.2, -0.15) is 0 Å². The number of nitrogens with one attached hydrogen (secondary N) is 1. The van der Waals surface area contributed by atoms with E-state index in [1.807, 2.05) is 37.3 Å². The van der Waals surface area contributed by atoms with Gasteiger partial charge < -0.3 is 10.2 Å². The molecule has 4 nitrogen and oxygen atoms in total. The fourth-order valence-electron chi connectivity index (χ4n) is 2.63. The van der Waals surface area contributed by atoms with Gasteiger partial charge in [0, 0.05) is 18.8 Å². The lowest BCUT2D eigenvalue weighted by Gasteiger charge is -2.28. The molecule has 1 atom stereocenters. The first-order chi connectivity index (χ1) is 13.0. The van der Waals surface area contributed by atoms with Gasteiger partial charge in [0.2, 0.25) is 11.8 Å². The van der Waals surface area contributed by atoms with Gasteiger partial charge in [0.15, 0.2) is 0 Å². The zero-order valence-electron chi connectivity index (χ0n) is 15.7. The van der Waals surface area contributed by atoms with Gasteiger partial charge in [0.05, 0.1) is 5.75 Å². The van der Waals surface area contributed by atoms with E-state index in [1.165, 1.54) is 17.8 Å². The number of amides is 2. The molecule has 0 saturated carbocycles. The number of likely N-dealkylation sites (N-methyl/N-ethyl adjacent to an activating group) is 1. The number of hydrogen-bond acceptors (Lipinski definition) is 3. The third kappa shape index (κ3) is 6.40. The second-order valence-corrected chi connectivity index (χ2v) is 7.15. The minimum Gasteiger partial charge on any atom is -0.355 e. The molecule has 0 aliphatic rings. The number of carbonyl (C=O) groups is 2. The normalized spacial score (nSPS) is 11.7. The summed E-state index contributed by atoms with van der Waals surface area (Å²) in [6.07, 6.45) is 0. The van der Waals surface area contributed by atoms with Gasteiger partial charge in [-0.3, -0.25) is 9.59 Å². The molecule has 0 heterocycles. The standard InChI is InChI=1S/C21H25FN2O2S/c1-3-23-21(26)16(2)24(13-17-9-5-4-6-10-17)20(25)15-27-14-18-11-7-8-12-19(18)22/h4-12,16H,3,13-15H2,1-2H3,(H,23,26). The summed E-state index contributed by atoms with van der Waals surface area (Å²) in [5, 5.41) is 2.77. The number of halogens is 1. The smallest absolute Gasteiger partial charge is 0.242 e. The molecule has 27 heavy (non-hydrogen) atoms. The van der Waals surface area contributed by atoms with E-state index >= 15 is 0 Å². The van der Waals surface area contributed by atoms with E-state index < -0.39 is 6.04 Å². The van der Waals surface area contributed by atoms with Gasteiger partial charge in [-0.05, 0) is 31.0 Å². The predicted octanol–water partition coefficient (Wildman–Crippen LogP) is 3.61. The van der Waals surface area contributed by atoms with Crippen molar-refractivity contribution in [3.05, 3.63) is 71.5 Å². The Morgan fingerprint density at radius 2 is 1.78 bits per heavy atom. The van der Waals surface area contributed by atoms with Crippen LogP contribution in [0.4, 0.5) is 4.39 Å². The van der Waals surface area contributed by atoms with Crippen LogP contribution in [-0.4, -0.2) is 35.1 Å². The van der Waals surface area contributed by atoms with Crippen LogP contribution in [0, 0.1) is 5.82 Å². The lowest BCUT2D eigenvalue weighted by molar-refractivity contribution is -0.138. The monoisotopic (exact) mass is 388 g/mol. The van der Waals surface area contributed by atoms with E-state index in [2.05, 4.69) is 5.32 Å². The number of hydrogen-bond donors (Lipinski definition) is 1. The average Bonchev–Trinajstić information content (AvgIpc) is 2.68. The van der Waals surface area contributed by atoms with Crippen LogP contribution in [0.2, 0.25) is 0 Å². The highest BCUT2D eigenvalue weighted by molar-refractivity contribution is 7.99. The second-order valence-electron chi connectivity index (χ2n) is 6.16. The molecule has 1 N–H and O–H groups in total. The lowest BCUT2D eigenvalue weighted by Crippen LogP contribution is -2.48. The Kier molecular flexibility index (Phi) is 8.33. The number of thioether (sulfide) groups is 1. The molecule has 0 aromatic heterocycles. The lowest BCUT2D eigenvalue weighted by atomic mass is 10.1. The zero-order chi connectivity index (χ0) is 19.6. The molecule has 6 heteroatoms. The minimum absolute atomic E-state index is 0.140. The second kappa shape index (κ2) is 10.7. The van der Waals surface area contributed by atoms with Crippen molar-refractivity contribution in [2.45, 2.75) is 32.2 Å². The minimum atomic E-state index is -0.577. The molecule has 0 bridgehead atoms. The Bertz CT molecular complexity index is 755. The molecule has 2 amide bonds. The third-order valence-electron chi connectivity index (χ3n) is 4.15. The predicted molar refractivity (Wildman–Crippen MR) is 108 cm³/mol. The zero-order valence-corrected chi connectivity index (χ0v) is 16.5. The van der Waals surface area contributed by atoms with Crippen molar-refractivity contribution in [1.82, 2.24) is 10.2 Å². The van der Waals surface area contributed by atoms with Crippen LogP contribution < -0.4 is 5.32 Å². The van der Waals surface area contributed by atoms with E-state index in [9.17, 15) is 14.0 Å². The molecule has 2 rings (SSSR count). The summed E-state index contributed by atoms with van der Waals surface area (Å²) in [5.74, 6) is 0.00649. The van der Waals surface area contributed by atoms with Crippen molar-refractivity contribution < 1.29 is 14.0 Å². The van der Waals surface area contributed by atoms with Crippen LogP contribution >= 0.6 is 11.8 Å². The summed E-state index contributed by atoms with van der Waals surface area (Å²) in [7, 11) is 0. The van der Waals surface area contributed by atoms with Crippen LogP contribution in [-0.2, 0) is 21.9 Å². The molecule has 2 aromatic carbocycles. The summed E-state index contributed by atoms with van der Waals surface area (Å²) in [4.78, 5) is 26.6. The van der Waals surface area contributed by atoms with E-state index in [-0.39, 0.29) is 23.4 Å². The van der Waals surface area contributed by atoms with Crippen LogP contribution in [0.3, 0.4) is 0 Å². The van der Waals surface area contributed by atoms with E-state index in [0.717, 1.165) is 5.56 Å². The molecule has 0 aliphatic carbocycles. The summed E-state index contributed by atoms with van der Waals surface area (Å²) in [5.41, 5.74) is 1.53. The number of nitrogens with zero attached hydrogens (tertiary/aromatic N) is 1. The Morgan fingerprint density at radius 3 is 2.44 bits per heavy atom. The van der Waals surface area contributed by atoms with Crippen molar-refractivity contribution in [2.75, 3.05) is 12.3 Å². The van der Waals surface area contributed by atoms with Gasteiger partial charge in [0.25, 0.3) is 0 Å². The number of carbonyl (C=O) groups excluding carboxylic acids is 2. The summed E-state index contributed by atoms with van der Waals surface area (Å²) >= 11 is 1.35. The quantitative estimate of drug-likeness (QED) is 0.714. The molecular weight excluding hydrogens is 363 g/mol. The van der Waals surface area contributed by atoms with Crippen LogP contribution in [0.5, 0.6) is 0 Å². The highest BCUT2D eigenvalue weighted by atomic mass is 32.2. The summed E-state index contributed by atoms with van der Waals surface area (Å²) in [6, 6.07) is 15.5. The summed E-state index contributed by atoms with van der Waals surface area (Å²) in [6.45, 7) is 4.45. The third-order valence-corrected chi connectivity index (χ3v) is 5.12. The van der Waals surface area contributed by atoms with E-state index in [1.54, 1.807) is 30.0 Å². The van der Waals surface area contributed by atoms with Crippen molar-refractivity contribution in [3.8, 4) is 0 Å². The average molecular weight is 389 g/mol. The Hall–Kier alpha value is -2.34. The maximum Gasteiger partial charge on any atom is 0.242 e. The van der Waals surface area contributed by atoms with Crippen molar-refractivity contribution in [1.29, 1.82) is 0 Å². The number of benzene rings is 2. The molecule has 0 saturated heterocycles. The molecule has 144 valence electrons. The van der Waals surface area contributed by atoms with E-state index in [0.29, 0.717) is 24.4 Å². The molecule has 0 spiro atoms. The van der Waals surface area contributed by atoms with Gasteiger partial charge in [-0.25, -0.2) is 4.39 Å². The molecule has 1 unspecified atom stereocenters. The first kappa shape index (κ1) is 21.0. The Labute approximate surface area is 164 Å². The van der Waals surface area contributed by atoms with Gasteiger partial charge in [-0.1, -0.05) is 48.5 Å². The Morgan fingerprint density at radius 1 is 1.11 bits per heavy atom. The van der Waals surface area contributed by atoms with E-state index in [4.69, 9.17) is 0 Å². The molecule has 2 aromatic rings. The van der Waals surface area contributed by atoms with Crippen molar-refractivity contribution in [2.24, 2.45) is 0 Å². The maximum atomic E-state index is 13.7. The van der Waals surface area contributed by atoms with Crippen molar-refractivity contribution >= 4 is 23.6 Å². The Balaban J connectivity index is 2.03. The first-order valence-corrected chi connectivity index (χ1v) is 10.1. The van der Waals surface area contributed by atoms with Crippen molar-refractivity contribution in [3.63, 3.8) is 0 Å². The van der Waals surface area contributed by atoms with Crippen LogP contribution in [0.15, 0.2) is 54.6 Å². The summed E-state index contributed by atoms with van der Waals surface area (Å²) < 4.78 is 13.7. The topological polar surface area (TPSA) is 49.4 Å². The fraction of sp³-hybridized carbons (Fsp3) is 0.333. The highest BCUT2D eigenvalue weighted by Crippen LogP contribution is 2.17. The maximum absolute atomic E-state index is 13.7. The largest absolute Gasteiger partial charge is 0.355 e. The van der Waals surface area contributed by atoms with Gasteiger partial charge >= 0.3 is 0 Å². The fourth-order valence-corrected chi connectivity index (χ4v) is 3.53.